The van der Waals surface area contributed by atoms with E-state index in [-0.39, 0.29) is 104 Å². The second-order valence-electron chi connectivity index (χ2n) is 14.8. The van der Waals surface area contributed by atoms with Crippen LogP contribution in [-0.4, -0.2) is 60.9 Å². The predicted molar refractivity (Wildman–Crippen MR) is 273 cm³/mol. The van der Waals surface area contributed by atoms with Crippen molar-refractivity contribution in [1.29, 1.82) is 10.5 Å². The van der Waals surface area contributed by atoms with Crippen LogP contribution in [0.25, 0.3) is 11.1 Å². The fourth-order valence-electron chi connectivity index (χ4n) is 6.69. The van der Waals surface area contributed by atoms with Gasteiger partial charge in [0.05, 0.1) is 36.8 Å². The first kappa shape index (κ1) is 54.3. The largest absolute Gasteiger partial charge is 0.478 e. The highest BCUT2D eigenvalue weighted by Crippen LogP contribution is 2.49. The molecule has 30 heteroatoms. The van der Waals surface area contributed by atoms with E-state index < -0.39 is 61.9 Å². The summed E-state index contributed by atoms with van der Waals surface area (Å²) in [7, 11) is -14.6. The second-order valence-corrected chi connectivity index (χ2v) is 21.6. The highest BCUT2D eigenvalue weighted by atomic mass is 35.5. The normalized spacial score (nSPS) is 11.9. The Labute approximate surface area is 442 Å². The van der Waals surface area contributed by atoms with Crippen molar-refractivity contribution in [3.63, 3.8) is 0 Å². The number of hydrogen-bond acceptors (Lipinski definition) is 18. The van der Waals surface area contributed by atoms with Gasteiger partial charge in [-0.15, -0.1) is 20.5 Å². The number of aromatic nitrogens is 1. The maximum absolute atomic E-state index is 13.4. The second kappa shape index (κ2) is 21.6. The number of carboxylic acid groups (broad SMARTS) is 1. The lowest BCUT2D eigenvalue weighted by atomic mass is 10.0. The van der Waals surface area contributed by atoms with Gasteiger partial charge in [0.2, 0.25) is 0 Å². The number of pyridine rings is 1. The number of hydrogen-bond donors (Lipinski definition) is 7. The Hall–Kier alpha value is -7.44. The maximum atomic E-state index is 13.4. The van der Waals surface area contributed by atoms with E-state index in [4.69, 9.17) is 46.4 Å². The van der Waals surface area contributed by atoms with E-state index in [2.05, 4.69) is 41.4 Å². The Kier molecular flexibility index (Phi) is 15.8. The van der Waals surface area contributed by atoms with Crippen LogP contribution >= 0.6 is 57.7 Å². The van der Waals surface area contributed by atoms with Gasteiger partial charge in [-0.05, 0) is 85.3 Å². The number of amides is 1. The van der Waals surface area contributed by atoms with E-state index in [1.54, 1.807) is 0 Å². The van der Waals surface area contributed by atoms with E-state index in [9.17, 15) is 64.1 Å². The van der Waals surface area contributed by atoms with Gasteiger partial charge in [-0.3, -0.25) is 18.5 Å². The Balaban J connectivity index is 1.41. The van der Waals surface area contributed by atoms with Crippen LogP contribution < -0.4 is 16.0 Å². The third-order valence-corrected chi connectivity index (χ3v) is 15.3. The molecule has 0 unspecified atom stereocenters. The summed E-state index contributed by atoms with van der Waals surface area (Å²) >= 11 is 25.3. The highest BCUT2D eigenvalue weighted by Gasteiger charge is 2.26. The number of azo groups is 2. The molecule has 7 N–H and O–H groups in total. The van der Waals surface area contributed by atoms with Crippen molar-refractivity contribution < 1.29 is 53.6 Å². The summed E-state index contributed by atoms with van der Waals surface area (Å²) in [6.07, 6.45) is 0. The van der Waals surface area contributed by atoms with Gasteiger partial charge in [-0.2, -0.15) is 35.8 Å². The molecule has 0 saturated heterocycles. The SMILES string of the molecule is Cc1c(C#N)c(Nc2ccc(Cl)c(S(=O)(=O)O)c2)nc(Nc2ccc(Cl)c(S(=O)(=O)O)c2)c1N=Nc1sc(N=Nc2cc(Cl)c(S(=O)(=O)O)cc2Cl)c(-c2cccc(NC(=O)c3ccccc3C(=O)O)c2)c1C#N. The summed E-state index contributed by atoms with van der Waals surface area (Å²) in [6.45, 7) is 1.41. The molecule has 376 valence electrons. The van der Waals surface area contributed by atoms with Crippen LogP contribution in [0, 0.1) is 29.6 Å². The fourth-order valence-corrected chi connectivity index (χ4v) is 10.9. The van der Waals surface area contributed by atoms with E-state index >= 15 is 0 Å². The summed E-state index contributed by atoms with van der Waals surface area (Å²) in [4.78, 5) is 27.6. The number of carboxylic acids is 1. The molecule has 0 aliphatic rings. The number of benzene rings is 5. The Morgan fingerprint density at radius 3 is 1.73 bits per heavy atom. The number of aromatic carboxylic acids is 1. The number of nitrogens with zero attached hydrogens (tertiary/aromatic N) is 7. The highest BCUT2D eigenvalue weighted by molar-refractivity contribution is 7.86. The molecule has 5 aromatic carbocycles. The lowest BCUT2D eigenvalue weighted by Crippen LogP contribution is -2.16. The molecule has 2 heterocycles. The number of carbonyl (C=O) groups excluding carboxylic acids is 1. The van der Waals surface area contributed by atoms with Crippen molar-refractivity contribution in [3.8, 4) is 23.3 Å². The summed E-state index contributed by atoms with van der Waals surface area (Å²) < 4.78 is 102. The number of thiophene rings is 1. The maximum Gasteiger partial charge on any atom is 0.336 e. The van der Waals surface area contributed by atoms with Crippen molar-refractivity contribution in [2.24, 2.45) is 20.5 Å². The molecule has 0 spiro atoms. The summed E-state index contributed by atoms with van der Waals surface area (Å²) in [5.41, 5.74) is -1.06. The average Bonchev–Trinajstić information content (AvgIpc) is 3.68. The zero-order chi connectivity index (χ0) is 54.0. The molecule has 74 heavy (non-hydrogen) atoms. The van der Waals surface area contributed by atoms with Crippen LogP contribution in [0.5, 0.6) is 0 Å². The summed E-state index contributed by atoms with van der Waals surface area (Å²) in [5, 5.41) is 54.6. The number of halogens is 4. The van der Waals surface area contributed by atoms with Gasteiger partial charge in [0, 0.05) is 28.2 Å². The monoisotopic (exact) mass is 1150 g/mol. The van der Waals surface area contributed by atoms with Crippen molar-refractivity contribution >= 4 is 150 Å². The van der Waals surface area contributed by atoms with Gasteiger partial charge in [0.15, 0.2) is 16.6 Å². The molecule has 7 aromatic rings. The molecular weight excluding hydrogens is 1130 g/mol. The third kappa shape index (κ3) is 12.0. The molecule has 0 radical (unpaired) electrons. The number of anilines is 5. The quantitative estimate of drug-likeness (QED) is 0.0370. The first-order valence-electron chi connectivity index (χ1n) is 19.9. The first-order valence-corrected chi connectivity index (χ1v) is 26.6. The van der Waals surface area contributed by atoms with E-state index in [1.807, 2.05) is 12.1 Å². The molecule has 0 aliphatic heterocycles. The zero-order valence-corrected chi connectivity index (χ0v) is 42.9. The number of carbonyl (C=O) groups is 2. The van der Waals surface area contributed by atoms with Crippen molar-refractivity contribution in [2.45, 2.75) is 21.6 Å². The Morgan fingerprint density at radius 1 is 0.608 bits per heavy atom. The van der Waals surface area contributed by atoms with Crippen LogP contribution in [0.2, 0.25) is 20.1 Å². The lowest BCUT2D eigenvalue weighted by molar-refractivity contribution is 0.0692. The molecule has 0 fully saturated rings. The smallest absolute Gasteiger partial charge is 0.336 e. The topological polar surface area (TPSA) is 363 Å². The van der Waals surface area contributed by atoms with Crippen molar-refractivity contribution in [1.82, 2.24) is 4.98 Å². The van der Waals surface area contributed by atoms with Gasteiger partial charge < -0.3 is 21.1 Å². The standard InChI is InChI=1S/C44H26Cl4N10O12S4/c1-20-27(18-49)39(51-23-9-11-29(45)34(14-23)72(62,63)64)54-40(52-24-10-12-30(46)35(15-24)73(65,66)67)38(20)56-57-42-28(19-50)37(43(71-42)58-55-33-16-32(48)36(17-31(33)47)74(68,69)70)21-5-4-6-22(13-21)53-41(59)25-7-2-3-8-26(25)44(60)61/h2-17H,1H3,(H,53,59)(H,60,61)(H2,51,52,54)(H,62,63,64)(H,65,66,67)(H,68,69,70). The molecule has 0 saturated carbocycles. The van der Waals surface area contributed by atoms with Crippen LogP contribution in [0.15, 0.2) is 132 Å². The van der Waals surface area contributed by atoms with E-state index in [0.29, 0.717) is 11.3 Å². The molecule has 2 aromatic heterocycles. The van der Waals surface area contributed by atoms with Gasteiger partial charge in [-0.25, -0.2) is 9.78 Å². The third-order valence-electron chi connectivity index (χ3n) is 10.0. The lowest BCUT2D eigenvalue weighted by Gasteiger charge is -2.16. The Morgan fingerprint density at radius 2 is 1.16 bits per heavy atom. The van der Waals surface area contributed by atoms with Gasteiger partial charge in [-0.1, -0.05) is 82.0 Å². The number of nitriles is 2. The number of rotatable bonds is 15. The molecule has 0 aliphatic carbocycles. The van der Waals surface area contributed by atoms with Crippen LogP contribution in [-0.2, 0) is 30.4 Å². The number of nitrogens with one attached hydrogen (secondary N) is 3. The van der Waals surface area contributed by atoms with E-state index in [0.717, 1.165) is 36.4 Å². The van der Waals surface area contributed by atoms with Crippen molar-refractivity contribution in [2.75, 3.05) is 16.0 Å². The van der Waals surface area contributed by atoms with Crippen molar-refractivity contribution in [3.05, 3.63) is 145 Å². The predicted octanol–water partition coefficient (Wildman–Crippen LogP) is 12.5. The minimum absolute atomic E-state index is 0.0191. The molecule has 22 nitrogen and oxygen atoms in total. The summed E-state index contributed by atoms with van der Waals surface area (Å²) in [6, 6.07) is 24.0. The molecule has 0 bridgehead atoms. The van der Waals surface area contributed by atoms with Gasteiger partial charge in [0.1, 0.15) is 48.8 Å². The minimum Gasteiger partial charge on any atom is -0.478 e. The summed E-state index contributed by atoms with van der Waals surface area (Å²) in [5.74, 6) is -2.68. The van der Waals surface area contributed by atoms with E-state index in [1.165, 1.54) is 67.6 Å². The first-order chi connectivity index (χ1) is 34.8. The average molecular weight is 1160 g/mol. The van der Waals surface area contributed by atoms with Gasteiger partial charge in [0.25, 0.3) is 36.3 Å². The molecular formula is C44H26Cl4N10O12S4. The van der Waals surface area contributed by atoms with Gasteiger partial charge >= 0.3 is 5.97 Å². The zero-order valence-electron chi connectivity index (χ0n) is 36.6. The van der Waals surface area contributed by atoms with Crippen LogP contribution in [0.3, 0.4) is 0 Å². The minimum atomic E-state index is -4.89. The Bertz CT molecular complexity index is 4030. The van der Waals surface area contributed by atoms with Crippen LogP contribution in [0.1, 0.15) is 37.4 Å². The molecule has 1 amide bonds. The fraction of sp³-hybridized carbons (Fsp3) is 0.0227. The van der Waals surface area contributed by atoms with Crippen LogP contribution in [0.4, 0.5) is 50.1 Å². The molecule has 7 rings (SSSR count). The molecule has 0 atom stereocenters.